The summed E-state index contributed by atoms with van der Waals surface area (Å²) >= 11 is 0. The van der Waals surface area contributed by atoms with Crippen LogP contribution in [-0.4, -0.2) is 21.6 Å². The molecule has 0 unspecified atom stereocenters. The van der Waals surface area contributed by atoms with Gasteiger partial charge in [0, 0.05) is 23.8 Å². The number of aromatic nitrogens is 2. The summed E-state index contributed by atoms with van der Waals surface area (Å²) in [5.41, 5.74) is 3.96. The van der Waals surface area contributed by atoms with Crippen molar-refractivity contribution in [1.29, 1.82) is 0 Å². The Morgan fingerprint density at radius 2 is 1.62 bits per heavy atom. The number of amides is 1. The molecular formula is C24H21N3O2. The molecule has 0 aliphatic carbocycles. The number of nitrogens with zero attached hydrogens (tertiary/aromatic N) is 2. The highest BCUT2D eigenvalue weighted by molar-refractivity contribution is 5.94. The molecular weight excluding hydrogens is 362 g/mol. The molecule has 1 atom stereocenters. The van der Waals surface area contributed by atoms with Crippen LogP contribution in [0.3, 0.4) is 0 Å². The van der Waals surface area contributed by atoms with Gasteiger partial charge in [-0.25, -0.2) is 4.98 Å². The quantitative estimate of drug-likeness (QED) is 0.513. The predicted octanol–water partition coefficient (Wildman–Crippen LogP) is 4.95. The minimum Gasteiger partial charge on any atom is -0.481 e. The van der Waals surface area contributed by atoms with Gasteiger partial charge in [0.25, 0.3) is 5.91 Å². The molecule has 0 saturated heterocycles. The molecule has 1 amide bonds. The van der Waals surface area contributed by atoms with Gasteiger partial charge in [0.15, 0.2) is 6.10 Å². The molecule has 4 rings (SSSR count). The molecule has 0 spiro atoms. The molecule has 0 radical (unpaired) electrons. The standard InChI is InChI=1S/C24H21N3O2/c1-18(29-23-13-11-22(12-14-23)27-16-15-25-17-27)24(28)26-21-9-7-20(8-10-21)19-5-3-2-4-6-19/h2-18H,1H3,(H,26,28)/t18-/m0/s1. The minimum atomic E-state index is -0.622. The Balaban J connectivity index is 1.36. The van der Waals surface area contributed by atoms with Gasteiger partial charge < -0.3 is 14.6 Å². The topological polar surface area (TPSA) is 56.2 Å². The lowest BCUT2D eigenvalue weighted by atomic mass is 10.1. The highest BCUT2D eigenvalue weighted by atomic mass is 16.5. The highest BCUT2D eigenvalue weighted by Gasteiger charge is 2.15. The predicted molar refractivity (Wildman–Crippen MR) is 114 cm³/mol. The van der Waals surface area contributed by atoms with E-state index >= 15 is 0 Å². The van der Waals surface area contributed by atoms with Crippen molar-refractivity contribution in [2.45, 2.75) is 13.0 Å². The summed E-state index contributed by atoms with van der Waals surface area (Å²) in [5, 5.41) is 2.90. The third-order valence-electron chi connectivity index (χ3n) is 4.58. The number of anilines is 1. The first kappa shape index (κ1) is 18.5. The summed E-state index contributed by atoms with van der Waals surface area (Å²) in [6.07, 6.45) is 4.70. The maximum atomic E-state index is 12.5. The van der Waals surface area contributed by atoms with E-state index in [-0.39, 0.29) is 5.91 Å². The van der Waals surface area contributed by atoms with E-state index in [9.17, 15) is 4.79 Å². The zero-order valence-electron chi connectivity index (χ0n) is 16.0. The molecule has 5 nitrogen and oxygen atoms in total. The van der Waals surface area contributed by atoms with Gasteiger partial charge >= 0.3 is 0 Å². The van der Waals surface area contributed by atoms with E-state index in [1.165, 1.54) is 0 Å². The van der Waals surface area contributed by atoms with Crippen LogP contribution in [0.25, 0.3) is 16.8 Å². The fraction of sp³-hybridized carbons (Fsp3) is 0.0833. The zero-order chi connectivity index (χ0) is 20.1. The molecule has 0 saturated carbocycles. The van der Waals surface area contributed by atoms with Crippen LogP contribution < -0.4 is 10.1 Å². The molecule has 1 aromatic heterocycles. The van der Waals surface area contributed by atoms with E-state index < -0.39 is 6.10 Å². The number of carbonyl (C=O) groups is 1. The monoisotopic (exact) mass is 383 g/mol. The van der Waals surface area contributed by atoms with E-state index in [0.717, 1.165) is 22.5 Å². The largest absolute Gasteiger partial charge is 0.481 e. The third kappa shape index (κ3) is 4.52. The summed E-state index contributed by atoms with van der Waals surface area (Å²) < 4.78 is 7.68. The van der Waals surface area contributed by atoms with Gasteiger partial charge in [-0.05, 0) is 54.4 Å². The molecule has 1 N–H and O–H groups in total. The average molecular weight is 383 g/mol. The van der Waals surface area contributed by atoms with Gasteiger partial charge in [-0.1, -0.05) is 42.5 Å². The Labute approximate surface area is 169 Å². The van der Waals surface area contributed by atoms with Gasteiger partial charge in [-0.2, -0.15) is 0 Å². The van der Waals surface area contributed by atoms with Crippen LogP contribution in [0.15, 0.2) is 97.6 Å². The molecule has 29 heavy (non-hydrogen) atoms. The van der Waals surface area contributed by atoms with Crippen LogP contribution in [0.2, 0.25) is 0 Å². The first-order chi connectivity index (χ1) is 14.2. The fourth-order valence-electron chi connectivity index (χ4n) is 2.99. The summed E-state index contributed by atoms with van der Waals surface area (Å²) in [6, 6.07) is 25.4. The van der Waals surface area contributed by atoms with Crippen LogP contribution >= 0.6 is 0 Å². The second-order valence-electron chi connectivity index (χ2n) is 6.66. The Hall–Kier alpha value is -3.86. The molecule has 4 aromatic rings. The zero-order valence-corrected chi connectivity index (χ0v) is 16.0. The number of hydrogen-bond donors (Lipinski definition) is 1. The number of benzene rings is 3. The van der Waals surface area contributed by atoms with E-state index in [0.29, 0.717) is 5.75 Å². The molecule has 0 aliphatic heterocycles. The number of carbonyl (C=O) groups excluding carboxylic acids is 1. The number of ether oxygens (including phenoxy) is 1. The Kier molecular flexibility index (Phi) is 5.38. The Morgan fingerprint density at radius 1 is 0.931 bits per heavy atom. The number of imidazole rings is 1. The lowest BCUT2D eigenvalue weighted by Gasteiger charge is -2.15. The number of rotatable bonds is 6. The second kappa shape index (κ2) is 8.44. The molecule has 0 aliphatic rings. The van der Waals surface area contributed by atoms with Crippen molar-refractivity contribution in [3.8, 4) is 22.6 Å². The van der Waals surface area contributed by atoms with E-state index in [1.807, 2.05) is 77.5 Å². The van der Waals surface area contributed by atoms with Gasteiger partial charge in [0.2, 0.25) is 0 Å². The van der Waals surface area contributed by atoms with Crippen LogP contribution in [-0.2, 0) is 4.79 Å². The van der Waals surface area contributed by atoms with Gasteiger partial charge in [-0.3, -0.25) is 4.79 Å². The molecule has 0 bridgehead atoms. The third-order valence-corrected chi connectivity index (χ3v) is 4.58. The molecule has 0 fully saturated rings. The van der Waals surface area contributed by atoms with Crippen molar-refractivity contribution >= 4 is 11.6 Å². The van der Waals surface area contributed by atoms with Crippen molar-refractivity contribution in [3.63, 3.8) is 0 Å². The van der Waals surface area contributed by atoms with Crippen molar-refractivity contribution in [1.82, 2.24) is 9.55 Å². The maximum absolute atomic E-state index is 12.5. The van der Waals surface area contributed by atoms with E-state index in [1.54, 1.807) is 19.4 Å². The van der Waals surface area contributed by atoms with Crippen LogP contribution in [0, 0.1) is 0 Å². The van der Waals surface area contributed by atoms with Crippen molar-refractivity contribution in [2.24, 2.45) is 0 Å². The average Bonchev–Trinajstić information content (AvgIpc) is 3.30. The van der Waals surface area contributed by atoms with E-state index in [4.69, 9.17) is 4.74 Å². The summed E-state index contributed by atoms with van der Waals surface area (Å²) in [4.78, 5) is 16.5. The van der Waals surface area contributed by atoms with Gasteiger partial charge in [0.1, 0.15) is 5.75 Å². The first-order valence-electron chi connectivity index (χ1n) is 9.40. The minimum absolute atomic E-state index is 0.198. The van der Waals surface area contributed by atoms with Crippen LogP contribution in [0.4, 0.5) is 5.69 Å². The molecule has 144 valence electrons. The summed E-state index contributed by atoms with van der Waals surface area (Å²) in [6.45, 7) is 1.73. The maximum Gasteiger partial charge on any atom is 0.265 e. The molecule has 3 aromatic carbocycles. The molecule has 1 heterocycles. The van der Waals surface area contributed by atoms with Gasteiger partial charge in [-0.15, -0.1) is 0 Å². The van der Waals surface area contributed by atoms with Crippen molar-refractivity contribution in [2.75, 3.05) is 5.32 Å². The Bertz CT molecular complexity index is 1060. The van der Waals surface area contributed by atoms with Crippen molar-refractivity contribution in [3.05, 3.63) is 97.6 Å². The Morgan fingerprint density at radius 3 is 2.28 bits per heavy atom. The summed E-state index contributed by atoms with van der Waals surface area (Å²) in [5.74, 6) is 0.437. The summed E-state index contributed by atoms with van der Waals surface area (Å²) in [7, 11) is 0. The highest BCUT2D eigenvalue weighted by Crippen LogP contribution is 2.21. The second-order valence-corrected chi connectivity index (χ2v) is 6.66. The van der Waals surface area contributed by atoms with Crippen LogP contribution in [0.5, 0.6) is 5.75 Å². The lowest BCUT2D eigenvalue weighted by molar-refractivity contribution is -0.122. The van der Waals surface area contributed by atoms with Gasteiger partial charge in [0.05, 0.1) is 6.33 Å². The van der Waals surface area contributed by atoms with Crippen molar-refractivity contribution < 1.29 is 9.53 Å². The fourth-order valence-corrected chi connectivity index (χ4v) is 2.99. The lowest BCUT2D eigenvalue weighted by Crippen LogP contribution is -2.30. The SMILES string of the molecule is C[C@H](Oc1ccc(-n2ccnc2)cc1)C(=O)Nc1ccc(-c2ccccc2)cc1. The normalized spacial score (nSPS) is 11.6. The van der Waals surface area contributed by atoms with Crippen LogP contribution in [0.1, 0.15) is 6.92 Å². The first-order valence-corrected chi connectivity index (χ1v) is 9.40. The number of nitrogens with one attached hydrogen (secondary N) is 1. The number of hydrogen-bond acceptors (Lipinski definition) is 3. The van der Waals surface area contributed by atoms with E-state index in [2.05, 4.69) is 22.4 Å². The molecule has 5 heteroatoms. The smallest absolute Gasteiger partial charge is 0.265 e.